The average Bonchev–Trinajstić information content (AvgIpc) is 2.14. The Hall–Kier alpha value is 0.680. The number of carbonyl (C=O) groups is 1. The van der Waals surface area contributed by atoms with E-state index in [0.717, 1.165) is 11.5 Å². The molecule has 0 bridgehead atoms. The van der Waals surface area contributed by atoms with Gasteiger partial charge in [0.05, 0.1) is 11.0 Å². The smallest absolute Gasteiger partial charge is 0.543 e. The van der Waals surface area contributed by atoms with E-state index in [1.54, 1.807) is 0 Å². The van der Waals surface area contributed by atoms with Crippen molar-refractivity contribution < 1.29 is 39.5 Å². The molecule has 0 saturated carbocycles. The van der Waals surface area contributed by atoms with Crippen molar-refractivity contribution in [2.45, 2.75) is 0 Å². The standard InChI is InChI=1S/C4HCl2NO2S.Na/c5-1-2(4(8)9)7-10-3(1)6;/h(H,8,9);/q;+1/p-1. The van der Waals surface area contributed by atoms with Gasteiger partial charge in [-0.1, -0.05) is 23.2 Å². The monoisotopic (exact) mass is 219 g/mol. The number of aromatic nitrogens is 1. The third kappa shape index (κ3) is 2.57. The molecule has 7 heteroatoms. The largest absolute Gasteiger partial charge is 1.00 e. The number of nitrogens with zero attached hydrogens (tertiary/aromatic N) is 1. The van der Waals surface area contributed by atoms with E-state index in [1.807, 2.05) is 0 Å². The van der Waals surface area contributed by atoms with Gasteiger partial charge in [-0.25, -0.2) is 0 Å². The summed E-state index contributed by atoms with van der Waals surface area (Å²) in [7, 11) is 0. The Morgan fingerprint density at radius 3 is 2.27 bits per heavy atom. The number of carboxylic acids is 1. The van der Waals surface area contributed by atoms with Crippen molar-refractivity contribution in [3.05, 3.63) is 15.1 Å². The molecule has 0 unspecified atom stereocenters. The van der Waals surface area contributed by atoms with E-state index >= 15 is 0 Å². The Morgan fingerprint density at radius 2 is 2.09 bits per heavy atom. The zero-order valence-electron chi connectivity index (χ0n) is 5.43. The number of rotatable bonds is 1. The van der Waals surface area contributed by atoms with E-state index < -0.39 is 5.97 Å². The molecule has 1 aromatic heterocycles. The van der Waals surface area contributed by atoms with Crippen molar-refractivity contribution in [2.75, 3.05) is 0 Å². The van der Waals surface area contributed by atoms with E-state index in [-0.39, 0.29) is 44.6 Å². The van der Waals surface area contributed by atoms with Crippen molar-refractivity contribution in [1.29, 1.82) is 0 Å². The quantitative estimate of drug-likeness (QED) is 0.505. The molecule has 0 saturated heterocycles. The van der Waals surface area contributed by atoms with E-state index in [4.69, 9.17) is 23.2 Å². The van der Waals surface area contributed by atoms with Crippen LogP contribution in [0.15, 0.2) is 0 Å². The number of hydrogen-bond donors (Lipinski definition) is 0. The number of halogens is 2. The maximum absolute atomic E-state index is 10.1. The normalized spacial score (nSPS) is 8.91. The fraction of sp³-hybridized carbons (Fsp3) is 0. The molecular weight excluding hydrogens is 220 g/mol. The van der Waals surface area contributed by atoms with Gasteiger partial charge in [-0.15, -0.1) is 0 Å². The van der Waals surface area contributed by atoms with Crippen molar-refractivity contribution in [3.63, 3.8) is 0 Å². The Kier molecular flexibility index (Phi) is 4.93. The average molecular weight is 220 g/mol. The first kappa shape index (κ1) is 11.7. The van der Waals surface area contributed by atoms with Crippen LogP contribution < -0.4 is 34.7 Å². The molecule has 1 heterocycles. The summed E-state index contributed by atoms with van der Waals surface area (Å²) in [4.78, 5) is 10.1. The second-order valence-electron chi connectivity index (χ2n) is 1.41. The van der Waals surface area contributed by atoms with Gasteiger partial charge in [0.25, 0.3) is 0 Å². The summed E-state index contributed by atoms with van der Waals surface area (Å²) in [6.45, 7) is 0. The fourth-order valence-electron chi connectivity index (χ4n) is 0.386. The van der Waals surface area contributed by atoms with Crippen LogP contribution in [0.5, 0.6) is 0 Å². The minimum atomic E-state index is -1.41. The maximum Gasteiger partial charge on any atom is 1.00 e. The summed E-state index contributed by atoms with van der Waals surface area (Å²) in [6, 6.07) is 0. The maximum atomic E-state index is 10.1. The molecule has 0 amide bonds. The first-order valence-corrected chi connectivity index (χ1v) is 3.68. The molecule has 0 fully saturated rings. The Labute approximate surface area is 98.8 Å². The summed E-state index contributed by atoms with van der Waals surface area (Å²) >= 11 is 11.6. The van der Waals surface area contributed by atoms with Crippen molar-refractivity contribution in [1.82, 2.24) is 4.37 Å². The van der Waals surface area contributed by atoms with Gasteiger partial charge < -0.3 is 9.90 Å². The van der Waals surface area contributed by atoms with Gasteiger partial charge in [0, 0.05) is 0 Å². The summed E-state index contributed by atoms with van der Waals surface area (Å²) in [5.74, 6) is -1.41. The number of carbonyl (C=O) groups excluding carboxylic acids is 1. The fourth-order valence-corrected chi connectivity index (χ4v) is 1.37. The number of aromatic carboxylic acids is 1. The summed E-state index contributed by atoms with van der Waals surface area (Å²) in [6.07, 6.45) is 0. The van der Waals surface area contributed by atoms with E-state index in [0.29, 0.717) is 0 Å². The minimum Gasteiger partial charge on any atom is -0.543 e. The second kappa shape index (κ2) is 4.64. The van der Waals surface area contributed by atoms with E-state index in [9.17, 15) is 9.90 Å². The second-order valence-corrected chi connectivity index (χ2v) is 3.16. The third-order valence-corrected chi connectivity index (χ3v) is 2.40. The van der Waals surface area contributed by atoms with Crippen LogP contribution >= 0.6 is 34.7 Å². The molecule has 1 aromatic rings. The molecule has 0 N–H and O–H groups in total. The van der Waals surface area contributed by atoms with E-state index in [1.165, 1.54) is 0 Å². The van der Waals surface area contributed by atoms with Gasteiger partial charge >= 0.3 is 29.6 Å². The third-order valence-electron chi connectivity index (χ3n) is 0.791. The van der Waals surface area contributed by atoms with Crippen LogP contribution in [-0.4, -0.2) is 10.3 Å². The first-order valence-electron chi connectivity index (χ1n) is 2.15. The van der Waals surface area contributed by atoms with Crippen LogP contribution in [0.25, 0.3) is 0 Å². The predicted molar refractivity (Wildman–Crippen MR) is 36.5 cm³/mol. The van der Waals surface area contributed by atoms with Gasteiger partial charge in [-0.05, 0) is 11.5 Å². The van der Waals surface area contributed by atoms with Crippen LogP contribution in [-0.2, 0) is 0 Å². The predicted octanol–water partition coefficient (Wildman–Crippen LogP) is -2.18. The van der Waals surface area contributed by atoms with Gasteiger partial charge in [-0.3, -0.25) is 0 Å². The van der Waals surface area contributed by atoms with Gasteiger partial charge in [0.15, 0.2) is 0 Å². The Bertz CT molecular complexity index is 277. The molecule has 11 heavy (non-hydrogen) atoms. The molecule has 3 nitrogen and oxygen atoms in total. The number of hydrogen-bond acceptors (Lipinski definition) is 4. The molecule has 0 aliphatic rings. The molecule has 0 aromatic carbocycles. The van der Waals surface area contributed by atoms with Crippen LogP contribution in [0.4, 0.5) is 0 Å². The van der Waals surface area contributed by atoms with Crippen LogP contribution in [0.2, 0.25) is 9.36 Å². The van der Waals surface area contributed by atoms with Gasteiger partial charge in [0.2, 0.25) is 0 Å². The molecule has 0 atom stereocenters. The van der Waals surface area contributed by atoms with Crippen molar-refractivity contribution in [2.24, 2.45) is 0 Å². The van der Waals surface area contributed by atoms with Crippen molar-refractivity contribution >= 4 is 40.7 Å². The molecule has 0 aliphatic heterocycles. The van der Waals surface area contributed by atoms with Crippen LogP contribution in [0, 0.1) is 0 Å². The molecule has 1 rings (SSSR count). The topological polar surface area (TPSA) is 53.0 Å². The SMILES string of the molecule is O=C([O-])c1nsc(Cl)c1Cl.[Na+]. The van der Waals surface area contributed by atoms with Crippen LogP contribution in [0.1, 0.15) is 10.5 Å². The summed E-state index contributed by atoms with van der Waals surface area (Å²) in [5.41, 5.74) is -0.295. The summed E-state index contributed by atoms with van der Waals surface area (Å²) in [5, 5.41) is 10.1. The van der Waals surface area contributed by atoms with Gasteiger partial charge in [-0.2, -0.15) is 4.37 Å². The molecule has 54 valence electrons. The Morgan fingerprint density at radius 1 is 1.55 bits per heavy atom. The van der Waals surface area contributed by atoms with Crippen LogP contribution in [0.3, 0.4) is 0 Å². The van der Waals surface area contributed by atoms with E-state index in [2.05, 4.69) is 4.37 Å². The molecule has 0 radical (unpaired) electrons. The summed E-state index contributed by atoms with van der Waals surface area (Å²) < 4.78 is 3.60. The zero-order valence-corrected chi connectivity index (χ0v) is 9.76. The zero-order chi connectivity index (χ0) is 7.72. The molecule has 0 spiro atoms. The van der Waals surface area contributed by atoms with Crippen molar-refractivity contribution in [3.8, 4) is 0 Å². The molecular formula is C4Cl2NNaO2S. The Balaban J connectivity index is 0.000001000. The minimum absolute atomic E-state index is 0. The first-order chi connectivity index (χ1) is 4.63. The molecule has 0 aliphatic carbocycles. The number of carboxylic acid groups (broad SMARTS) is 1. The van der Waals surface area contributed by atoms with Gasteiger partial charge in [0.1, 0.15) is 10.0 Å².